The fourth-order valence-corrected chi connectivity index (χ4v) is 4.93. The summed E-state index contributed by atoms with van der Waals surface area (Å²) in [6.45, 7) is 6.63. The molecule has 0 bridgehead atoms. The van der Waals surface area contributed by atoms with Gasteiger partial charge in [0, 0.05) is 11.2 Å². The van der Waals surface area contributed by atoms with E-state index in [0.717, 1.165) is 31.4 Å². The van der Waals surface area contributed by atoms with Crippen LogP contribution >= 0.6 is 11.8 Å². The molecule has 31 heavy (non-hydrogen) atoms. The highest BCUT2D eigenvalue weighted by Gasteiger charge is 2.52. The molecule has 0 aliphatic rings. The van der Waals surface area contributed by atoms with E-state index in [9.17, 15) is 26.4 Å². The van der Waals surface area contributed by atoms with Crippen molar-refractivity contribution in [2.45, 2.75) is 88.8 Å². The lowest BCUT2D eigenvalue weighted by Crippen LogP contribution is -2.44. The summed E-state index contributed by atoms with van der Waals surface area (Å²) in [6, 6.07) is 6.69. The summed E-state index contributed by atoms with van der Waals surface area (Å²) in [5, 5.41) is 0. The van der Waals surface area contributed by atoms with Crippen LogP contribution in [0.4, 0.5) is 18.9 Å². The minimum Gasteiger partial charge on any atom is -0.273 e. The van der Waals surface area contributed by atoms with E-state index < -0.39 is 21.4 Å². The molecular weight excluding hydrogens is 447 g/mol. The zero-order chi connectivity index (χ0) is 23.5. The number of unbranched alkanes of at least 4 members (excludes halogenated alkanes) is 7. The van der Waals surface area contributed by atoms with E-state index in [1.165, 1.54) is 43.2 Å². The van der Waals surface area contributed by atoms with Crippen molar-refractivity contribution in [2.24, 2.45) is 0 Å². The Balaban J connectivity index is 2.38. The monoisotopic (exact) mass is 481 g/mol. The Bertz CT molecular complexity index is 760. The number of thioether (sulfide) groups is 1. The maximum Gasteiger partial charge on any atom is 0.517 e. The van der Waals surface area contributed by atoms with Gasteiger partial charge in [-0.3, -0.25) is 4.79 Å². The molecule has 178 valence electrons. The van der Waals surface area contributed by atoms with Crippen LogP contribution in [0.2, 0.25) is 0 Å². The predicted octanol–water partition coefficient (Wildman–Crippen LogP) is 6.91. The van der Waals surface area contributed by atoms with Gasteiger partial charge in [-0.05, 0) is 30.7 Å². The molecule has 1 amide bonds. The molecule has 0 spiro atoms. The highest BCUT2D eigenvalue weighted by atomic mass is 32.2. The first-order valence-corrected chi connectivity index (χ1v) is 13.1. The van der Waals surface area contributed by atoms with E-state index >= 15 is 0 Å². The number of para-hydroxylation sites is 1. The van der Waals surface area contributed by atoms with Crippen molar-refractivity contribution in [2.75, 3.05) is 10.1 Å². The Hall–Kier alpha value is -1.22. The third-order valence-corrected chi connectivity index (χ3v) is 7.41. The summed E-state index contributed by atoms with van der Waals surface area (Å²) in [4.78, 5) is 12.4. The van der Waals surface area contributed by atoms with Crippen molar-refractivity contribution < 1.29 is 26.4 Å². The maximum atomic E-state index is 13.0. The largest absolute Gasteiger partial charge is 0.517 e. The van der Waals surface area contributed by atoms with Gasteiger partial charge in [-0.2, -0.15) is 37.7 Å². The van der Waals surface area contributed by atoms with Gasteiger partial charge in [-0.25, -0.2) is 0 Å². The average Bonchev–Trinajstić information content (AvgIpc) is 2.65. The van der Waals surface area contributed by atoms with Crippen LogP contribution < -0.4 is 4.31 Å². The minimum absolute atomic E-state index is 0.109. The standard InChI is InChI=1S/C22H34F3NO3S2/c1-21(2,3)30-18-14-9-7-5-4-6-8-13-17-20(27)26(19-15-11-10-12-16-19)31(28,29)22(23,24)25/h10-12,15-16H,4-9,13-14,17-18H2,1-3H3. The Morgan fingerprint density at radius 1 is 0.871 bits per heavy atom. The molecule has 0 atom stereocenters. The molecule has 4 nitrogen and oxygen atoms in total. The van der Waals surface area contributed by atoms with E-state index in [1.54, 1.807) is 0 Å². The number of anilines is 1. The number of sulfonamides is 1. The molecule has 0 unspecified atom stereocenters. The van der Waals surface area contributed by atoms with E-state index in [4.69, 9.17) is 0 Å². The fraction of sp³-hybridized carbons (Fsp3) is 0.682. The van der Waals surface area contributed by atoms with Crippen LogP contribution in [-0.2, 0) is 14.8 Å². The van der Waals surface area contributed by atoms with Crippen LogP contribution in [0.5, 0.6) is 0 Å². The first-order chi connectivity index (χ1) is 14.4. The van der Waals surface area contributed by atoms with Crippen molar-refractivity contribution in [3.8, 4) is 0 Å². The molecular formula is C22H34F3NO3S2. The molecule has 0 radical (unpaired) electrons. The topological polar surface area (TPSA) is 54.5 Å². The third-order valence-electron chi connectivity index (χ3n) is 4.57. The summed E-state index contributed by atoms with van der Waals surface area (Å²) in [7, 11) is -5.78. The summed E-state index contributed by atoms with van der Waals surface area (Å²) in [5.41, 5.74) is -5.83. The van der Waals surface area contributed by atoms with E-state index in [2.05, 4.69) is 20.8 Å². The van der Waals surface area contributed by atoms with Crippen molar-refractivity contribution in [1.82, 2.24) is 0 Å². The lowest BCUT2D eigenvalue weighted by Gasteiger charge is -2.23. The number of halogens is 3. The van der Waals surface area contributed by atoms with Gasteiger partial charge >= 0.3 is 15.5 Å². The van der Waals surface area contributed by atoms with Crippen LogP contribution in [-0.4, -0.2) is 30.3 Å². The Kier molecular flexibility index (Phi) is 11.4. The lowest BCUT2D eigenvalue weighted by molar-refractivity contribution is -0.118. The van der Waals surface area contributed by atoms with Gasteiger partial charge in [0.25, 0.3) is 0 Å². The Labute approximate surface area is 189 Å². The van der Waals surface area contributed by atoms with E-state index in [1.807, 2.05) is 11.8 Å². The molecule has 1 aromatic carbocycles. The number of nitrogens with zero attached hydrogens (tertiary/aromatic N) is 1. The van der Waals surface area contributed by atoms with Gasteiger partial charge in [0.05, 0.1) is 5.69 Å². The fourth-order valence-electron chi connectivity index (χ4n) is 3.00. The van der Waals surface area contributed by atoms with Crippen LogP contribution in [0.15, 0.2) is 30.3 Å². The van der Waals surface area contributed by atoms with Crippen LogP contribution in [0.1, 0.15) is 78.6 Å². The second kappa shape index (κ2) is 12.7. The highest BCUT2D eigenvalue weighted by molar-refractivity contribution is 8.00. The molecule has 0 heterocycles. The molecule has 0 aromatic heterocycles. The Morgan fingerprint density at radius 3 is 1.84 bits per heavy atom. The van der Waals surface area contributed by atoms with Crippen molar-refractivity contribution >= 4 is 33.4 Å². The molecule has 0 aliphatic carbocycles. The smallest absolute Gasteiger partial charge is 0.273 e. The van der Waals surface area contributed by atoms with E-state index in [0.29, 0.717) is 17.6 Å². The summed E-state index contributed by atoms with van der Waals surface area (Å²) in [5.74, 6) is 0.101. The molecule has 9 heteroatoms. The van der Waals surface area contributed by atoms with Gasteiger partial charge in [0.15, 0.2) is 0 Å². The predicted molar refractivity (Wildman–Crippen MR) is 123 cm³/mol. The van der Waals surface area contributed by atoms with Gasteiger partial charge in [-0.15, -0.1) is 0 Å². The molecule has 0 aliphatic heterocycles. The zero-order valence-electron chi connectivity index (χ0n) is 18.6. The van der Waals surface area contributed by atoms with Gasteiger partial charge in [-0.1, -0.05) is 77.5 Å². The Morgan fingerprint density at radius 2 is 1.35 bits per heavy atom. The number of rotatable bonds is 13. The number of carbonyl (C=O) groups is 1. The van der Waals surface area contributed by atoms with Gasteiger partial charge < -0.3 is 0 Å². The normalized spacial score (nSPS) is 12.7. The third kappa shape index (κ3) is 10.3. The number of carbonyl (C=O) groups excluding carboxylic acids is 1. The summed E-state index contributed by atoms with van der Waals surface area (Å²) < 4.78 is 63.1. The highest BCUT2D eigenvalue weighted by Crippen LogP contribution is 2.31. The number of amides is 1. The van der Waals surface area contributed by atoms with Crippen LogP contribution in [0.3, 0.4) is 0 Å². The summed E-state index contributed by atoms with van der Waals surface area (Å²) in [6.07, 6.45) is 7.29. The second-order valence-electron chi connectivity index (χ2n) is 8.48. The molecule has 0 fully saturated rings. The number of hydrogen-bond acceptors (Lipinski definition) is 4. The quantitative estimate of drug-likeness (QED) is 0.287. The molecule has 0 saturated heterocycles. The zero-order valence-corrected chi connectivity index (χ0v) is 20.2. The van der Waals surface area contributed by atoms with Gasteiger partial charge in [0.2, 0.25) is 5.91 Å². The first kappa shape index (κ1) is 27.8. The number of benzene rings is 1. The molecule has 1 rings (SSSR count). The first-order valence-electron chi connectivity index (χ1n) is 10.7. The molecule has 1 aromatic rings. The average molecular weight is 482 g/mol. The van der Waals surface area contributed by atoms with E-state index in [-0.39, 0.29) is 16.4 Å². The number of hydrogen-bond donors (Lipinski definition) is 0. The van der Waals surface area contributed by atoms with Crippen molar-refractivity contribution in [1.29, 1.82) is 0 Å². The van der Waals surface area contributed by atoms with Crippen LogP contribution in [0, 0.1) is 0 Å². The second-order valence-corrected chi connectivity index (χ2v) is 12.2. The van der Waals surface area contributed by atoms with Gasteiger partial charge in [0.1, 0.15) is 0 Å². The molecule has 0 N–H and O–H groups in total. The van der Waals surface area contributed by atoms with Crippen molar-refractivity contribution in [3.63, 3.8) is 0 Å². The van der Waals surface area contributed by atoms with Crippen LogP contribution in [0.25, 0.3) is 0 Å². The SMILES string of the molecule is CC(C)(C)SCCCCCCCCCCC(=O)N(c1ccccc1)S(=O)(=O)C(F)(F)F. The maximum absolute atomic E-state index is 13.0. The minimum atomic E-state index is -5.78. The summed E-state index contributed by atoms with van der Waals surface area (Å²) >= 11 is 1.97. The number of alkyl halides is 3. The lowest BCUT2D eigenvalue weighted by atomic mass is 10.1. The molecule has 0 saturated carbocycles. The van der Waals surface area contributed by atoms with Crippen molar-refractivity contribution in [3.05, 3.63) is 30.3 Å².